The van der Waals surface area contributed by atoms with Gasteiger partial charge in [0.2, 0.25) is 0 Å². The Hall–Kier alpha value is -0.380. The van der Waals surface area contributed by atoms with E-state index in [1.807, 2.05) is 13.0 Å². The van der Waals surface area contributed by atoms with Gasteiger partial charge in [-0.1, -0.05) is 12.2 Å². The molecule has 3 nitrogen and oxygen atoms in total. The number of rotatable bonds is 5. The highest BCUT2D eigenvalue weighted by Gasteiger charge is 2.29. The van der Waals surface area contributed by atoms with Crippen molar-refractivity contribution in [2.45, 2.75) is 45.0 Å². The minimum absolute atomic E-state index is 0.343. The zero-order valence-electron chi connectivity index (χ0n) is 9.03. The molecule has 1 aliphatic rings. The van der Waals surface area contributed by atoms with Crippen molar-refractivity contribution in [1.82, 2.24) is 0 Å². The number of allylic oxidation sites excluding steroid dienone is 1. The van der Waals surface area contributed by atoms with Crippen LogP contribution in [0.1, 0.15) is 33.1 Å². The maximum Gasteiger partial charge on any atom is 0.165 e. The maximum atomic E-state index is 8.98. The van der Waals surface area contributed by atoms with Gasteiger partial charge in [0.05, 0.1) is 19.3 Å². The fourth-order valence-electron chi connectivity index (χ4n) is 1.54. The second-order valence-electron chi connectivity index (χ2n) is 3.89. The van der Waals surface area contributed by atoms with Crippen LogP contribution in [0.2, 0.25) is 0 Å². The molecule has 3 heteroatoms. The number of hydrogen-bond donors (Lipinski definition) is 1. The highest BCUT2D eigenvalue weighted by Crippen LogP contribution is 2.24. The van der Waals surface area contributed by atoms with E-state index < -0.39 is 0 Å². The number of ether oxygens (including phenoxy) is 2. The van der Waals surface area contributed by atoms with Gasteiger partial charge in [0, 0.05) is 6.42 Å². The zero-order valence-corrected chi connectivity index (χ0v) is 9.03. The van der Waals surface area contributed by atoms with E-state index in [9.17, 15) is 0 Å². The van der Waals surface area contributed by atoms with E-state index >= 15 is 0 Å². The summed E-state index contributed by atoms with van der Waals surface area (Å²) in [5.41, 5.74) is 0. The second kappa shape index (κ2) is 5.49. The van der Waals surface area contributed by atoms with Crippen LogP contribution in [0.5, 0.6) is 0 Å². The first kappa shape index (κ1) is 11.7. The Morgan fingerprint density at radius 2 is 2.07 bits per heavy atom. The van der Waals surface area contributed by atoms with Gasteiger partial charge in [-0.05, 0) is 26.7 Å². The van der Waals surface area contributed by atoms with Crippen LogP contribution in [0.15, 0.2) is 12.2 Å². The van der Waals surface area contributed by atoms with Crippen LogP contribution < -0.4 is 0 Å². The molecule has 1 heterocycles. The minimum atomic E-state index is -0.362. The molecule has 1 saturated heterocycles. The molecule has 0 aliphatic carbocycles. The summed E-state index contributed by atoms with van der Waals surface area (Å²) in [6.45, 7) is 5.15. The first-order valence-electron chi connectivity index (χ1n) is 5.25. The van der Waals surface area contributed by atoms with Crippen molar-refractivity contribution in [3.63, 3.8) is 0 Å². The number of unbranched alkanes of at least 4 members (excludes halogenated alkanes) is 1. The highest BCUT2D eigenvalue weighted by atomic mass is 16.7. The average Bonchev–Trinajstić information content (AvgIpc) is 2.51. The summed E-state index contributed by atoms with van der Waals surface area (Å²) >= 11 is 0. The van der Waals surface area contributed by atoms with Crippen LogP contribution in [0.25, 0.3) is 0 Å². The normalized spacial score (nSPS) is 23.1. The Morgan fingerprint density at radius 1 is 1.43 bits per heavy atom. The SMILES string of the molecule is C[C@H](O)/C=C/CCCC1(C)OCCO1. The first-order chi connectivity index (χ1) is 6.62. The van der Waals surface area contributed by atoms with Crippen molar-refractivity contribution in [1.29, 1.82) is 0 Å². The van der Waals surface area contributed by atoms with Crippen molar-refractivity contribution < 1.29 is 14.6 Å². The standard InChI is InChI=1S/C11H20O3/c1-10(12)6-4-3-5-7-11(2)13-8-9-14-11/h4,6,10,12H,3,5,7-9H2,1-2H3/b6-4+/t10-/m0/s1. The van der Waals surface area contributed by atoms with Gasteiger partial charge in [-0.25, -0.2) is 0 Å². The lowest BCUT2D eigenvalue weighted by Gasteiger charge is -2.21. The molecule has 0 amide bonds. The molecule has 0 saturated carbocycles. The molecule has 0 aromatic carbocycles. The third-order valence-electron chi connectivity index (χ3n) is 2.31. The number of aliphatic hydroxyl groups excluding tert-OH is 1. The Bertz CT molecular complexity index is 181. The van der Waals surface area contributed by atoms with E-state index in [4.69, 9.17) is 14.6 Å². The van der Waals surface area contributed by atoms with Crippen LogP contribution in [-0.2, 0) is 9.47 Å². The van der Waals surface area contributed by atoms with E-state index in [0.29, 0.717) is 13.2 Å². The molecular formula is C11H20O3. The predicted octanol–water partition coefficient (Wildman–Crippen LogP) is 1.86. The van der Waals surface area contributed by atoms with Gasteiger partial charge in [0.15, 0.2) is 5.79 Å². The fraction of sp³-hybridized carbons (Fsp3) is 0.818. The molecule has 1 fully saturated rings. The largest absolute Gasteiger partial charge is 0.389 e. The van der Waals surface area contributed by atoms with E-state index in [-0.39, 0.29) is 11.9 Å². The average molecular weight is 200 g/mol. The van der Waals surface area contributed by atoms with E-state index in [2.05, 4.69) is 0 Å². The summed E-state index contributed by atoms with van der Waals surface area (Å²) in [6.07, 6.45) is 6.37. The van der Waals surface area contributed by atoms with Crippen LogP contribution in [-0.4, -0.2) is 30.2 Å². The van der Waals surface area contributed by atoms with Gasteiger partial charge >= 0.3 is 0 Å². The zero-order chi connectivity index (χ0) is 10.4. The van der Waals surface area contributed by atoms with Gasteiger partial charge in [-0.15, -0.1) is 0 Å². The highest BCUT2D eigenvalue weighted by molar-refractivity contribution is 4.86. The van der Waals surface area contributed by atoms with Crippen LogP contribution in [0.4, 0.5) is 0 Å². The van der Waals surface area contributed by atoms with Crippen molar-refractivity contribution in [3.05, 3.63) is 12.2 Å². The van der Waals surface area contributed by atoms with Crippen molar-refractivity contribution >= 4 is 0 Å². The summed E-state index contributed by atoms with van der Waals surface area (Å²) in [5.74, 6) is -0.362. The molecule has 1 rings (SSSR count). The molecule has 1 aliphatic heterocycles. The summed E-state index contributed by atoms with van der Waals surface area (Å²) in [7, 11) is 0. The van der Waals surface area contributed by atoms with Crippen LogP contribution >= 0.6 is 0 Å². The topological polar surface area (TPSA) is 38.7 Å². The summed E-state index contributed by atoms with van der Waals surface area (Å²) < 4.78 is 10.9. The molecular weight excluding hydrogens is 180 g/mol. The van der Waals surface area contributed by atoms with Gasteiger partial charge in [0.25, 0.3) is 0 Å². The van der Waals surface area contributed by atoms with Gasteiger partial charge in [-0.3, -0.25) is 0 Å². The van der Waals surface area contributed by atoms with Crippen LogP contribution in [0, 0.1) is 0 Å². The van der Waals surface area contributed by atoms with E-state index in [1.54, 1.807) is 13.0 Å². The fourth-order valence-corrected chi connectivity index (χ4v) is 1.54. The molecule has 82 valence electrons. The van der Waals surface area contributed by atoms with Gasteiger partial charge in [0.1, 0.15) is 0 Å². The Kier molecular flexibility index (Phi) is 4.58. The Morgan fingerprint density at radius 3 is 2.64 bits per heavy atom. The summed E-state index contributed by atoms with van der Waals surface area (Å²) in [4.78, 5) is 0. The third-order valence-corrected chi connectivity index (χ3v) is 2.31. The van der Waals surface area contributed by atoms with Crippen molar-refractivity contribution in [2.24, 2.45) is 0 Å². The second-order valence-corrected chi connectivity index (χ2v) is 3.89. The number of aliphatic hydroxyl groups is 1. The summed E-state index contributed by atoms with van der Waals surface area (Å²) in [6, 6.07) is 0. The molecule has 0 aromatic rings. The summed E-state index contributed by atoms with van der Waals surface area (Å²) in [5, 5.41) is 8.98. The molecule has 0 unspecified atom stereocenters. The van der Waals surface area contributed by atoms with Crippen molar-refractivity contribution in [3.8, 4) is 0 Å². The molecule has 14 heavy (non-hydrogen) atoms. The minimum Gasteiger partial charge on any atom is -0.389 e. The third kappa shape index (κ3) is 4.22. The van der Waals surface area contributed by atoms with Gasteiger partial charge in [-0.2, -0.15) is 0 Å². The smallest absolute Gasteiger partial charge is 0.165 e. The lowest BCUT2D eigenvalue weighted by molar-refractivity contribution is -0.147. The predicted molar refractivity (Wildman–Crippen MR) is 55.0 cm³/mol. The Balaban J connectivity index is 2.09. The van der Waals surface area contributed by atoms with Crippen LogP contribution in [0.3, 0.4) is 0 Å². The molecule has 1 atom stereocenters. The Labute approximate surface area is 85.7 Å². The maximum absolute atomic E-state index is 8.98. The quantitative estimate of drug-likeness (QED) is 0.544. The molecule has 0 spiro atoms. The monoisotopic (exact) mass is 200 g/mol. The van der Waals surface area contributed by atoms with Crippen molar-refractivity contribution in [2.75, 3.05) is 13.2 Å². The van der Waals surface area contributed by atoms with Gasteiger partial charge < -0.3 is 14.6 Å². The first-order valence-corrected chi connectivity index (χ1v) is 5.25. The molecule has 1 N–H and O–H groups in total. The lowest BCUT2D eigenvalue weighted by atomic mass is 10.1. The molecule has 0 radical (unpaired) electrons. The molecule has 0 bridgehead atoms. The molecule has 0 aromatic heterocycles. The van der Waals surface area contributed by atoms with E-state index in [1.165, 1.54) is 0 Å². The number of hydrogen-bond acceptors (Lipinski definition) is 3. The van der Waals surface area contributed by atoms with E-state index in [0.717, 1.165) is 19.3 Å². The lowest BCUT2D eigenvalue weighted by Crippen LogP contribution is -2.24.